The Labute approximate surface area is 140 Å². The van der Waals surface area contributed by atoms with Crippen LogP contribution in [0.5, 0.6) is 0 Å². The molecule has 1 fully saturated rings. The number of rotatable bonds is 2. The molecule has 1 unspecified atom stereocenters. The van der Waals surface area contributed by atoms with Crippen molar-refractivity contribution < 1.29 is 18.0 Å². The Balaban J connectivity index is 1.67. The van der Waals surface area contributed by atoms with Crippen LogP contribution in [-0.4, -0.2) is 50.0 Å². The SMILES string of the molecule is O=C(CC(F)(F)F)N1CCC(c2[nH]cnc3cnc4nccc4c23)C1. The monoisotopic (exact) mass is 349 g/mol. The lowest BCUT2D eigenvalue weighted by atomic mass is 9.99. The molecule has 1 aliphatic heterocycles. The van der Waals surface area contributed by atoms with E-state index in [2.05, 4.69) is 19.9 Å². The highest BCUT2D eigenvalue weighted by atomic mass is 19.4. The smallest absolute Gasteiger partial charge is 0.349 e. The van der Waals surface area contributed by atoms with Crippen LogP contribution in [-0.2, 0) is 4.79 Å². The molecule has 0 radical (unpaired) electrons. The zero-order chi connectivity index (χ0) is 17.6. The van der Waals surface area contributed by atoms with Gasteiger partial charge in [-0.25, -0.2) is 15.0 Å². The summed E-state index contributed by atoms with van der Waals surface area (Å²) in [7, 11) is 0. The molecule has 0 spiro atoms. The summed E-state index contributed by atoms with van der Waals surface area (Å²) in [5, 5.41) is 1.71. The molecule has 3 aromatic rings. The molecule has 1 aliphatic rings. The highest BCUT2D eigenvalue weighted by Gasteiger charge is 2.36. The maximum Gasteiger partial charge on any atom is 0.397 e. The summed E-state index contributed by atoms with van der Waals surface area (Å²) in [6.45, 7) is 0.563. The first kappa shape index (κ1) is 15.8. The van der Waals surface area contributed by atoms with Gasteiger partial charge in [0.25, 0.3) is 0 Å². The van der Waals surface area contributed by atoms with E-state index in [9.17, 15) is 18.0 Å². The molecule has 0 aromatic carbocycles. The zero-order valence-corrected chi connectivity index (χ0v) is 13.0. The maximum absolute atomic E-state index is 12.5. The number of halogens is 3. The predicted molar refractivity (Wildman–Crippen MR) is 83.8 cm³/mol. The van der Waals surface area contributed by atoms with Crippen molar-refractivity contribution >= 4 is 27.8 Å². The number of aromatic amines is 1. The lowest BCUT2D eigenvalue weighted by molar-refractivity contribution is -0.160. The predicted octanol–water partition coefficient (Wildman–Crippen LogP) is 2.77. The van der Waals surface area contributed by atoms with Gasteiger partial charge in [0.2, 0.25) is 5.91 Å². The number of carbonyl (C=O) groups is 1. The van der Waals surface area contributed by atoms with Crippen molar-refractivity contribution in [1.29, 1.82) is 0 Å². The van der Waals surface area contributed by atoms with Crippen LogP contribution in [0, 0.1) is 0 Å². The number of likely N-dealkylation sites (tertiary alicyclic amines) is 1. The topological polar surface area (TPSA) is 74.8 Å². The van der Waals surface area contributed by atoms with E-state index < -0.39 is 18.5 Å². The number of hydrogen-bond acceptors (Lipinski definition) is 4. The largest absolute Gasteiger partial charge is 0.397 e. The lowest BCUT2D eigenvalue weighted by Crippen LogP contribution is -2.32. The van der Waals surface area contributed by atoms with Crippen molar-refractivity contribution in [3.05, 3.63) is 30.5 Å². The average Bonchev–Trinajstić information content (AvgIpc) is 3.22. The Morgan fingerprint density at radius 1 is 1.32 bits per heavy atom. The molecule has 0 saturated carbocycles. The molecular formula is C16H14F3N5O. The molecule has 3 aromatic heterocycles. The Bertz CT molecular complexity index is 952. The molecule has 1 atom stereocenters. The highest BCUT2D eigenvalue weighted by molar-refractivity contribution is 6.04. The fourth-order valence-corrected chi connectivity index (χ4v) is 3.40. The zero-order valence-electron chi connectivity index (χ0n) is 13.0. The number of pyridine rings is 1. The Kier molecular flexibility index (Phi) is 3.59. The number of aromatic nitrogens is 4. The Hall–Kier alpha value is -2.71. The summed E-state index contributed by atoms with van der Waals surface area (Å²) in [6, 6.07) is 1.84. The van der Waals surface area contributed by atoms with E-state index in [0.717, 1.165) is 16.5 Å². The summed E-state index contributed by atoms with van der Waals surface area (Å²) in [6.07, 6.45) is -0.477. The standard InChI is InChI=1S/C16H14F3N5O/c17-16(18,19)5-12(25)24-4-2-9(7-24)14-13-10-1-3-20-15(10)21-6-11(13)22-8-23-14/h1,3,6,8-9H,2,4-5,7H2,(H,22,23). The van der Waals surface area contributed by atoms with E-state index in [-0.39, 0.29) is 12.5 Å². The molecule has 4 heterocycles. The minimum Gasteiger partial charge on any atom is -0.349 e. The van der Waals surface area contributed by atoms with Crippen LogP contribution in [0.25, 0.3) is 21.9 Å². The molecule has 6 nitrogen and oxygen atoms in total. The fraction of sp³-hybridized carbons (Fsp3) is 0.375. The van der Waals surface area contributed by atoms with Gasteiger partial charge < -0.3 is 9.88 Å². The third kappa shape index (κ3) is 2.90. The van der Waals surface area contributed by atoms with Gasteiger partial charge in [0.15, 0.2) is 5.65 Å². The van der Waals surface area contributed by atoms with Crippen LogP contribution in [0.15, 0.2) is 24.8 Å². The van der Waals surface area contributed by atoms with E-state index in [0.29, 0.717) is 24.1 Å². The highest BCUT2D eigenvalue weighted by Crippen LogP contribution is 2.34. The number of hydrogen-bond donors (Lipinski definition) is 1. The molecule has 4 rings (SSSR count). The first-order chi connectivity index (χ1) is 11.9. The molecule has 1 N–H and O–H groups in total. The van der Waals surface area contributed by atoms with Crippen molar-refractivity contribution in [3.8, 4) is 0 Å². The van der Waals surface area contributed by atoms with Crippen LogP contribution in [0.2, 0.25) is 0 Å². The van der Waals surface area contributed by atoms with Crippen LogP contribution < -0.4 is 0 Å². The quantitative estimate of drug-likeness (QED) is 0.772. The maximum atomic E-state index is 12.5. The second-order valence-corrected chi connectivity index (χ2v) is 6.13. The molecule has 25 heavy (non-hydrogen) atoms. The van der Waals surface area contributed by atoms with E-state index >= 15 is 0 Å². The second-order valence-electron chi connectivity index (χ2n) is 6.13. The van der Waals surface area contributed by atoms with Crippen molar-refractivity contribution in [2.45, 2.75) is 24.9 Å². The van der Waals surface area contributed by atoms with Gasteiger partial charge in [-0.3, -0.25) is 4.79 Å². The van der Waals surface area contributed by atoms with Gasteiger partial charge in [0.05, 0.1) is 18.0 Å². The van der Waals surface area contributed by atoms with Crippen LogP contribution in [0.3, 0.4) is 0 Å². The molecule has 1 saturated heterocycles. The van der Waals surface area contributed by atoms with Gasteiger partial charge in [0.1, 0.15) is 6.42 Å². The van der Waals surface area contributed by atoms with Gasteiger partial charge in [-0.1, -0.05) is 0 Å². The van der Waals surface area contributed by atoms with Gasteiger partial charge in [0, 0.05) is 41.7 Å². The van der Waals surface area contributed by atoms with E-state index in [1.807, 2.05) is 6.07 Å². The van der Waals surface area contributed by atoms with Gasteiger partial charge in [-0.05, 0) is 12.5 Å². The number of alkyl halides is 3. The van der Waals surface area contributed by atoms with E-state index in [1.54, 1.807) is 18.7 Å². The molecular weight excluding hydrogens is 335 g/mol. The van der Waals surface area contributed by atoms with Gasteiger partial charge >= 0.3 is 6.18 Å². The summed E-state index contributed by atoms with van der Waals surface area (Å²) in [5.41, 5.74) is 2.14. The van der Waals surface area contributed by atoms with Crippen LogP contribution in [0.1, 0.15) is 24.5 Å². The minimum absolute atomic E-state index is 0.0804. The summed E-state index contributed by atoms with van der Waals surface area (Å²) >= 11 is 0. The molecule has 0 aliphatic carbocycles. The number of carbonyl (C=O) groups excluding carboxylic acids is 1. The van der Waals surface area contributed by atoms with Crippen molar-refractivity contribution in [1.82, 2.24) is 24.8 Å². The Morgan fingerprint density at radius 3 is 2.96 bits per heavy atom. The third-order valence-electron chi connectivity index (χ3n) is 4.51. The minimum atomic E-state index is -4.48. The van der Waals surface area contributed by atoms with Gasteiger partial charge in [-0.15, -0.1) is 0 Å². The fourth-order valence-electron chi connectivity index (χ4n) is 3.40. The van der Waals surface area contributed by atoms with E-state index in [1.165, 1.54) is 4.90 Å². The number of amides is 1. The van der Waals surface area contributed by atoms with Gasteiger partial charge in [-0.2, -0.15) is 13.2 Å². The first-order valence-corrected chi connectivity index (χ1v) is 7.83. The summed E-state index contributed by atoms with van der Waals surface area (Å²) < 4.78 is 37.4. The number of nitrogens with zero attached hydrogens (tertiary/aromatic N) is 4. The summed E-state index contributed by atoms with van der Waals surface area (Å²) in [4.78, 5) is 28.9. The van der Waals surface area contributed by atoms with E-state index in [4.69, 9.17) is 0 Å². The molecule has 0 bridgehead atoms. The summed E-state index contributed by atoms with van der Waals surface area (Å²) in [5.74, 6) is -0.960. The van der Waals surface area contributed by atoms with Crippen molar-refractivity contribution in [3.63, 3.8) is 0 Å². The second kappa shape index (κ2) is 5.68. The Morgan fingerprint density at radius 2 is 2.16 bits per heavy atom. The van der Waals surface area contributed by atoms with Crippen LogP contribution in [0.4, 0.5) is 13.2 Å². The molecule has 9 heteroatoms. The first-order valence-electron chi connectivity index (χ1n) is 7.83. The average molecular weight is 349 g/mol. The van der Waals surface area contributed by atoms with Crippen molar-refractivity contribution in [2.75, 3.05) is 13.1 Å². The number of nitrogens with one attached hydrogen (secondary N) is 1. The molecule has 1 amide bonds. The van der Waals surface area contributed by atoms with Crippen molar-refractivity contribution in [2.24, 2.45) is 0 Å². The number of fused-ring (bicyclic) bond motifs is 3. The molecule has 130 valence electrons. The number of H-pyrrole nitrogens is 1. The lowest BCUT2D eigenvalue weighted by Gasteiger charge is -2.18. The third-order valence-corrected chi connectivity index (χ3v) is 4.51. The normalized spacial score (nSPS) is 18.4. The van der Waals surface area contributed by atoms with Crippen LogP contribution >= 0.6 is 0 Å².